The lowest BCUT2D eigenvalue weighted by Crippen LogP contribution is -2.07. The minimum Gasteiger partial charge on any atom is -0.399 e. The molecule has 0 spiro atoms. The monoisotopic (exact) mass is 278 g/mol. The van der Waals surface area contributed by atoms with Gasteiger partial charge in [-0.05, 0) is 42.0 Å². The second-order valence-electron chi connectivity index (χ2n) is 4.66. The summed E-state index contributed by atoms with van der Waals surface area (Å²) in [6.45, 7) is 0. The third kappa shape index (κ3) is 3.09. The molecule has 0 aliphatic heterocycles. The molecule has 0 unspecified atom stereocenters. The highest BCUT2D eigenvalue weighted by Gasteiger charge is 2.00. The van der Waals surface area contributed by atoms with Gasteiger partial charge in [0, 0.05) is 22.8 Å². The quantitative estimate of drug-likeness (QED) is 0.509. The van der Waals surface area contributed by atoms with E-state index in [0.717, 1.165) is 22.2 Å². The number of nitrogens with two attached hydrogens (primary N) is 1. The zero-order valence-electron chi connectivity index (χ0n) is 11.2. The van der Waals surface area contributed by atoms with Gasteiger partial charge in [0.2, 0.25) is 5.91 Å². The number of hydrogen-bond acceptors (Lipinski definition) is 3. The van der Waals surface area contributed by atoms with Crippen molar-refractivity contribution in [3.8, 4) is 0 Å². The van der Waals surface area contributed by atoms with Gasteiger partial charge < -0.3 is 11.1 Å². The zero-order chi connectivity index (χ0) is 14.7. The fraction of sp³-hybridized carbons (Fsp3) is 0. The average molecular weight is 278 g/mol. The first-order valence-corrected chi connectivity index (χ1v) is 6.48. The van der Waals surface area contributed by atoms with Crippen LogP contribution in [0.25, 0.3) is 17.0 Å². The van der Waals surface area contributed by atoms with E-state index < -0.39 is 0 Å². The van der Waals surface area contributed by atoms with Crippen molar-refractivity contribution in [3.63, 3.8) is 0 Å². The van der Waals surface area contributed by atoms with E-state index in [9.17, 15) is 4.79 Å². The predicted octanol–water partition coefficient (Wildman–Crippen LogP) is 2.80. The Morgan fingerprint density at radius 3 is 2.81 bits per heavy atom. The van der Waals surface area contributed by atoms with Crippen LogP contribution >= 0.6 is 0 Å². The van der Waals surface area contributed by atoms with Crippen LogP contribution in [-0.4, -0.2) is 16.1 Å². The SMILES string of the molecule is Nc1ccc(/C=C/C(=O)Nc2ccc3cn[nH]c3c2)cc1. The van der Waals surface area contributed by atoms with Crippen LogP contribution in [0.1, 0.15) is 5.56 Å². The number of amides is 1. The summed E-state index contributed by atoms with van der Waals surface area (Å²) in [6, 6.07) is 12.9. The molecular formula is C16H14N4O. The molecule has 3 rings (SSSR count). The summed E-state index contributed by atoms with van der Waals surface area (Å²) in [5.74, 6) is -0.189. The van der Waals surface area contributed by atoms with Gasteiger partial charge in [0.1, 0.15) is 0 Å². The maximum Gasteiger partial charge on any atom is 0.248 e. The van der Waals surface area contributed by atoms with Crippen molar-refractivity contribution in [2.45, 2.75) is 0 Å². The molecule has 0 atom stereocenters. The Kier molecular flexibility index (Phi) is 3.39. The van der Waals surface area contributed by atoms with Crippen molar-refractivity contribution in [3.05, 3.63) is 60.3 Å². The average Bonchev–Trinajstić information content (AvgIpc) is 2.94. The van der Waals surface area contributed by atoms with Gasteiger partial charge >= 0.3 is 0 Å². The van der Waals surface area contributed by atoms with E-state index >= 15 is 0 Å². The number of H-pyrrole nitrogens is 1. The molecule has 104 valence electrons. The van der Waals surface area contributed by atoms with Crippen LogP contribution in [0.4, 0.5) is 11.4 Å². The third-order valence-corrected chi connectivity index (χ3v) is 3.07. The topological polar surface area (TPSA) is 83.8 Å². The number of nitrogens with one attached hydrogen (secondary N) is 2. The van der Waals surface area contributed by atoms with Crippen LogP contribution in [0.5, 0.6) is 0 Å². The third-order valence-electron chi connectivity index (χ3n) is 3.07. The highest BCUT2D eigenvalue weighted by Crippen LogP contribution is 2.16. The number of carbonyl (C=O) groups excluding carboxylic acids is 1. The van der Waals surface area contributed by atoms with Gasteiger partial charge in [-0.2, -0.15) is 5.10 Å². The normalized spacial score (nSPS) is 11.0. The fourth-order valence-electron chi connectivity index (χ4n) is 1.98. The Labute approximate surface area is 121 Å². The van der Waals surface area contributed by atoms with E-state index in [-0.39, 0.29) is 5.91 Å². The van der Waals surface area contributed by atoms with Crippen molar-refractivity contribution in [2.24, 2.45) is 0 Å². The second kappa shape index (κ2) is 5.50. The molecule has 0 saturated carbocycles. The van der Waals surface area contributed by atoms with Crippen molar-refractivity contribution >= 4 is 34.3 Å². The van der Waals surface area contributed by atoms with Crippen molar-refractivity contribution in [1.29, 1.82) is 0 Å². The summed E-state index contributed by atoms with van der Waals surface area (Å²) in [7, 11) is 0. The number of rotatable bonds is 3. The van der Waals surface area contributed by atoms with Gasteiger partial charge in [-0.3, -0.25) is 9.89 Å². The molecular weight excluding hydrogens is 264 g/mol. The molecule has 5 heteroatoms. The number of nitrogen functional groups attached to an aromatic ring is 1. The molecule has 2 aromatic carbocycles. The fourth-order valence-corrected chi connectivity index (χ4v) is 1.98. The molecule has 5 nitrogen and oxygen atoms in total. The lowest BCUT2D eigenvalue weighted by molar-refractivity contribution is -0.111. The Bertz CT molecular complexity index is 803. The number of aromatic nitrogens is 2. The van der Waals surface area contributed by atoms with Gasteiger partial charge in [0.15, 0.2) is 0 Å². The van der Waals surface area contributed by atoms with Crippen LogP contribution in [0, 0.1) is 0 Å². The van der Waals surface area contributed by atoms with Gasteiger partial charge in [0.25, 0.3) is 0 Å². The number of benzene rings is 2. The van der Waals surface area contributed by atoms with E-state index in [0.29, 0.717) is 5.69 Å². The number of carbonyl (C=O) groups is 1. The molecule has 1 heterocycles. The number of anilines is 2. The molecule has 1 amide bonds. The van der Waals surface area contributed by atoms with E-state index in [1.54, 1.807) is 24.4 Å². The van der Waals surface area contributed by atoms with Crippen LogP contribution in [0.2, 0.25) is 0 Å². The maximum absolute atomic E-state index is 11.9. The molecule has 0 fully saturated rings. The van der Waals surface area contributed by atoms with Gasteiger partial charge in [-0.15, -0.1) is 0 Å². The minimum atomic E-state index is -0.189. The summed E-state index contributed by atoms with van der Waals surface area (Å²) >= 11 is 0. The highest BCUT2D eigenvalue weighted by atomic mass is 16.1. The molecule has 0 radical (unpaired) electrons. The standard InChI is InChI=1S/C16H14N4O/c17-13-5-1-11(2-6-13)3-8-16(21)19-14-7-4-12-10-18-20-15(12)9-14/h1-10H,17H2,(H,18,20)(H,19,21)/b8-3+. The molecule has 1 aromatic heterocycles. The van der Waals surface area contributed by atoms with Gasteiger partial charge in [-0.25, -0.2) is 0 Å². The number of hydrogen-bond donors (Lipinski definition) is 3. The molecule has 0 aliphatic carbocycles. The number of nitrogens with zero attached hydrogens (tertiary/aromatic N) is 1. The first-order chi connectivity index (χ1) is 10.2. The maximum atomic E-state index is 11.9. The Morgan fingerprint density at radius 2 is 2.00 bits per heavy atom. The van der Waals surface area contributed by atoms with Gasteiger partial charge in [0.05, 0.1) is 11.7 Å². The van der Waals surface area contributed by atoms with Crippen LogP contribution in [0.3, 0.4) is 0 Å². The molecule has 0 bridgehead atoms. The highest BCUT2D eigenvalue weighted by molar-refractivity contribution is 6.02. The second-order valence-corrected chi connectivity index (χ2v) is 4.66. The summed E-state index contributed by atoms with van der Waals surface area (Å²) in [5, 5.41) is 10.6. The number of aromatic amines is 1. The summed E-state index contributed by atoms with van der Waals surface area (Å²) < 4.78 is 0. The zero-order valence-corrected chi connectivity index (χ0v) is 11.2. The lowest BCUT2D eigenvalue weighted by atomic mass is 10.2. The summed E-state index contributed by atoms with van der Waals surface area (Å²) in [6.07, 6.45) is 4.97. The van der Waals surface area contributed by atoms with Gasteiger partial charge in [-0.1, -0.05) is 12.1 Å². The first kappa shape index (κ1) is 12.9. The minimum absolute atomic E-state index is 0.189. The molecule has 0 saturated heterocycles. The lowest BCUT2D eigenvalue weighted by Gasteiger charge is -2.02. The van der Waals surface area contributed by atoms with E-state index in [1.165, 1.54) is 6.08 Å². The van der Waals surface area contributed by atoms with E-state index in [1.807, 2.05) is 30.3 Å². The smallest absolute Gasteiger partial charge is 0.248 e. The molecule has 3 aromatic rings. The van der Waals surface area contributed by atoms with E-state index in [4.69, 9.17) is 5.73 Å². The number of fused-ring (bicyclic) bond motifs is 1. The largest absolute Gasteiger partial charge is 0.399 e. The Balaban J connectivity index is 1.69. The molecule has 4 N–H and O–H groups in total. The van der Waals surface area contributed by atoms with E-state index in [2.05, 4.69) is 15.5 Å². The first-order valence-electron chi connectivity index (χ1n) is 6.48. The van der Waals surface area contributed by atoms with Crippen molar-refractivity contribution in [2.75, 3.05) is 11.1 Å². The molecule has 21 heavy (non-hydrogen) atoms. The summed E-state index contributed by atoms with van der Waals surface area (Å²) in [5.41, 5.74) is 8.83. The molecule has 0 aliphatic rings. The van der Waals surface area contributed by atoms with Crippen molar-refractivity contribution in [1.82, 2.24) is 10.2 Å². The Hall–Kier alpha value is -3.08. The Morgan fingerprint density at radius 1 is 1.19 bits per heavy atom. The van der Waals surface area contributed by atoms with Crippen LogP contribution < -0.4 is 11.1 Å². The van der Waals surface area contributed by atoms with Crippen LogP contribution in [0.15, 0.2) is 54.7 Å². The summed E-state index contributed by atoms with van der Waals surface area (Å²) in [4.78, 5) is 11.9. The van der Waals surface area contributed by atoms with Crippen molar-refractivity contribution < 1.29 is 4.79 Å². The predicted molar refractivity (Wildman–Crippen MR) is 84.6 cm³/mol. The van der Waals surface area contributed by atoms with Crippen LogP contribution in [-0.2, 0) is 4.79 Å².